The molecule has 1 aromatic carbocycles. The van der Waals surface area contributed by atoms with E-state index in [1.807, 2.05) is 0 Å². The molecule has 0 spiro atoms. The van der Waals surface area contributed by atoms with Crippen LogP contribution in [0.5, 0.6) is 0 Å². The Morgan fingerprint density at radius 2 is 2.00 bits per heavy atom. The Kier molecular flexibility index (Phi) is 4.88. The van der Waals surface area contributed by atoms with E-state index in [4.69, 9.17) is 0 Å². The Balaban J connectivity index is 0.00000128. The molecule has 1 nitrogen and oxygen atoms in total. The number of hydrogen-bond donors (Lipinski definition) is 1. The van der Waals surface area contributed by atoms with Crippen LogP contribution in [0.15, 0.2) is 36.5 Å². The molecule has 1 unspecified atom stereocenters. The molecule has 1 aliphatic heterocycles. The van der Waals surface area contributed by atoms with Crippen LogP contribution in [-0.2, 0) is 32.7 Å². The van der Waals surface area contributed by atoms with E-state index in [-0.39, 0.29) is 38.5 Å². The normalized spacial score (nSPS) is 19.5. The van der Waals surface area contributed by atoms with Crippen molar-refractivity contribution in [2.24, 2.45) is 5.92 Å². The Bertz CT molecular complexity index is 408. The maximum atomic E-state index is 12.7. The monoisotopic (exact) mass is 291 g/mol. The zero-order chi connectivity index (χ0) is 10.8. The first kappa shape index (κ1) is 13.6. The summed E-state index contributed by atoms with van der Waals surface area (Å²) >= 11 is 0. The summed E-state index contributed by atoms with van der Waals surface area (Å²) in [5.74, 6) is 0.191. The zero-order valence-electron chi connectivity index (χ0n) is 9.26. The Labute approximate surface area is 121 Å². The van der Waals surface area contributed by atoms with Gasteiger partial charge >= 0.3 is 0 Å². The van der Waals surface area contributed by atoms with Crippen molar-refractivity contribution in [1.29, 1.82) is 0 Å². The molecule has 0 fully saturated rings. The van der Waals surface area contributed by atoms with Crippen molar-refractivity contribution in [2.75, 3.05) is 0 Å². The van der Waals surface area contributed by atoms with Gasteiger partial charge in [-0.05, 0) is 18.1 Å². The number of benzene rings is 1. The third kappa shape index (κ3) is 3.02. The van der Waals surface area contributed by atoms with Crippen LogP contribution in [0.3, 0.4) is 0 Å². The van der Waals surface area contributed by atoms with Crippen LogP contribution in [0, 0.1) is 17.8 Å². The first-order valence-corrected chi connectivity index (χ1v) is 4.99. The first-order valence-electron chi connectivity index (χ1n) is 4.99. The molecule has 1 N–H and O–H groups in total. The molecule has 1 radical (unpaired) electrons. The minimum Gasteiger partial charge on any atom is -0.393 e. The van der Waals surface area contributed by atoms with Crippen LogP contribution < -0.4 is 5.32 Å². The van der Waals surface area contributed by atoms with Crippen molar-refractivity contribution in [2.45, 2.75) is 13.3 Å². The molecule has 2 rings (SSSR count). The summed E-state index contributed by atoms with van der Waals surface area (Å²) < 4.78 is 12.7. The molecule has 0 saturated carbocycles. The molecule has 0 aliphatic carbocycles. The van der Waals surface area contributed by atoms with Crippen molar-refractivity contribution in [3.63, 3.8) is 0 Å². The van der Waals surface area contributed by atoms with Gasteiger partial charge in [0, 0.05) is 38.4 Å². The summed E-state index contributed by atoms with van der Waals surface area (Å²) in [4.78, 5) is 0. The second-order valence-electron chi connectivity index (χ2n) is 3.81. The molecule has 0 aromatic heterocycles. The van der Waals surface area contributed by atoms with Gasteiger partial charge in [0.2, 0.25) is 0 Å². The van der Waals surface area contributed by atoms with Gasteiger partial charge in [0.15, 0.2) is 0 Å². The van der Waals surface area contributed by atoms with Crippen LogP contribution in [0.2, 0.25) is 0 Å². The summed E-state index contributed by atoms with van der Waals surface area (Å²) in [7, 11) is 0. The fourth-order valence-corrected chi connectivity index (χ4v) is 1.50. The van der Waals surface area contributed by atoms with E-state index in [2.05, 4.69) is 24.9 Å². The fourth-order valence-electron chi connectivity index (χ4n) is 1.50. The Hall–Kier alpha value is -0.466. The number of nitrogens with one attached hydrogen (secondary N) is 1. The van der Waals surface area contributed by atoms with Gasteiger partial charge in [0.05, 0.1) is 0 Å². The van der Waals surface area contributed by atoms with E-state index in [1.54, 1.807) is 12.1 Å². The standard InChI is InChI=1S/C13H13FN.Y/c1-9-3-8-13(15-10(9)2)11-4-6-12(14)7-5-11;/h4-7,9,15H,2-3H2,1H3;/q-1;. The molecular formula is C13H13FNY-. The van der Waals surface area contributed by atoms with Crippen molar-refractivity contribution in [3.8, 4) is 0 Å². The van der Waals surface area contributed by atoms with Crippen LogP contribution in [0.25, 0.3) is 5.70 Å². The predicted molar refractivity (Wildman–Crippen MR) is 59.1 cm³/mol. The van der Waals surface area contributed by atoms with Gasteiger partial charge in [0.1, 0.15) is 5.82 Å². The SMILES string of the molecule is C=C1NC(c2ccc(F)cc2)=[C-]CC1C.[Y]. The molecule has 1 heterocycles. The van der Waals surface area contributed by atoms with Gasteiger partial charge < -0.3 is 5.32 Å². The van der Waals surface area contributed by atoms with Gasteiger partial charge in [-0.1, -0.05) is 13.5 Å². The molecule has 1 atom stereocenters. The molecule has 16 heavy (non-hydrogen) atoms. The first-order chi connectivity index (χ1) is 7.16. The molecule has 0 amide bonds. The number of rotatable bonds is 1. The molecule has 0 saturated heterocycles. The maximum Gasteiger partial charge on any atom is 0.120 e. The Morgan fingerprint density at radius 1 is 1.38 bits per heavy atom. The molecule has 3 heteroatoms. The van der Waals surface area contributed by atoms with E-state index in [0.717, 1.165) is 23.4 Å². The summed E-state index contributed by atoms with van der Waals surface area (Å²) in [5.41, 5.74) is 2.84. The third-order valence-corrected chi connectivity index (χ3v) is 2.60. The summed E-state index contributed by atoms with van der Waals surface area (Å²) in [5, 5.41) is 3.19. The van der Waals surface area contributed by atoms with Crippen LogP contribution in [0.4, 0.5) is 4.39 Å². The largest absolute Gasteiger partial charge is 0.393 e. The van der Waals surface area contributed by atoms with Crippen molar-refractivity contribution in [3.05, 3.63) is 54.0 Å². The fraction of sp³-hybridized carbons (Fsp3) is 0.231. The molecule has 0 bridgehead atoms. The smallest absolute Gasteiger partial charge is 0.120 e. The van der Waals surface area contributed by atoms with Gasteiger partial charge in [-0.25, -0.2) is 10.5 Å². The third-order valence-electron chi connectivity index (χ3n) is 2.60. The maximum absolute atomic E-state index is 12.7. The number of hydrogen-bond acceptors (Lipinski definition) is 1. The van der Waals surface area contributed by atoms with Crippen LogP contribution in [0.1, 0.15) is 18.9 Å². The Morgan fingerprint density at radius 3 is 2.56 bits per heavy atom. The van der Waals surface area contributed by atoms with Gasteiger partial charge in [-0.15, -0.1) is 24.3 Å². The molecular weight excluding hydrogens is 278 g/mol. The van der Waals surface area contributed by atoms with Crippen molar-refractivity contribution >= 4 is 5.70 Å². The predicted octanol–water partition coefficient (Wildman–Crippen LogP) is 3.11. The number of allylic oxidation sites excluding steroid dienone is 2. The topological polar surface area (TPSA) is 12.0 Å². The molecule has 1 aliphatic rings. The van der Waals surface area contributed by atoms with Crippen LogP contribution in [-0.4, -0.2) is 0 Å². The van der Waals surface area contributed by atoms with Gasteiger partial charge in [0.25, 0.3) is 0 Å². The summed E-state index contributed by atoms with van der Waals surface area (Å²) in [6.45, 7) is 6.04. The minimum absolute atomic E-state index is 0. The average molecular weight is 291 g/mol. The van der Waals surface area contributed by atoms with E-state index in [1.165, 1.54) is 12.1 Å². The zero-order valence-corrected chi connectivity index (χ0v) is 12.1. The second-order valence-corrected chi connectivity index (χ2v) is 3.81. The molecule has 1 aromatic rings. The quantitative estimate of drug-likeness (QED) is 0.784. The summed E-state index contributed by atoms with van der Waals surface area (Å²) in [6.07, 6.45) is 4.12. The van der Waals surface area contributed by atoms with E-state index < -0.39 is 0 Å². The second kappa shape index (κ2) is 5.74. The van der Waals surface area contributed by atoms with E-state index >= 15 is 0 Å². The van der Waals surface area contributed by atoms with Crippen molar-refractivity contribution < 1.29 is 37.1 Å². The van der Waals surface area contributed by atoms with E-state index in [9.17, 15) is 4.39 Å². The minimum atomic E-state index is -0.220. The van der Waals surface area contributed by atoms with Crippen LogP contribution >= 0.6 is 0 Å². The number of halogens is 1. The molecule has 81 valence electrons. The van der Waals surface area contributed by atoms with E-state index in [0.29, 0.717) is 5.92 Å². The van der Waals surface area contributed by atoms with Gasteiger partial charge in [-0.2, -0.15) is 5.56 Å². The van der Waals surface area contributed by atoms with Crippen molar-refractivity contribution in [1.82, 2.24) is 5.32 Å². The van der Waals surface area contributed by atoms with Gasteiger partial charge in [-0.3, -0.25) is 0 Å². The summed E-state index contributed by atoms with van der Waals surface area (Å²) in [6, 6.07) is 6.39. The average Bonchev–Trinajstić information content (AvgIpc) is 2.23.